The van der Waals surface area contributed by atoms with Gasteiger partial charge in [-0.25, -0.2) is 17.6 Å². The van der Waals surface area contributed by atoms with Crippen LogP contribution in [0.25, 0.3) is 0 Å². The smallest absolute Gasteiger partial charge is 0.203 e. The second kappa shape index (κ2) is 5.26. The highest BCUT2D eigenvalue weighted by Crippen LogP contribution is 2.33. The zero-order chi connectivity index (χ0) is 15.5. The van der Waals surface area contributed by atoms with Crippen molar-refractivity contribution in [2.75, 3.05) is 0 Å². The summed E-state index contributed by atoms with van der Waals surface area (Å²) in [6.07, 6.45) is -0.954. The molecule has 0 saturated heterocycles. The van der Waals surface area contributed by atoms with E-state index in [0.29, 0.717) is 0 Å². The van der Waals surface area contributed by atoms with Crippen LogP contribution in [0.2, 0.25) is 0 Å². The average Bonchev–Trinajstić information content (AvgIpc) is 2.46. The fourth-order valence-electron chi connectivity index (χ4n) is 1.48. The molecule has 0 spiro atoms. The lowest BCUT2D eigenvalue weighted by Crippen LogP contribution is -2.25. The summed E-state index contributed by atoms with van der Waals surface area (Å²) in [5.74, 6) is -7.91. The van der Waals surface area contributed by atoms with Crippen molar-refractivity contribution in [2.24, 2.45) is 0 Å². The molecule has 1 aromatic rings. The summed E-state index contributed by atoms with van der Waals surface area (Å²) in [7, 11) is 0. The molecule has 0 bridgehead atoms. The van der Waals surface area contributed by atoms with Crippen LogP contribution in [0.4, 0.5) is 17.6 Å². The largest absolute Gasteiger partial charge is 0.259 e. The van der Waals surface area contributed by atoms with Crippen molar-refractivity contribution in [1.29, 1.82) is 21.0 Å². The van der Waals surface area contributed by atoms with E-state index in [2.05, 4.69) is 0 Å². The molecule has 0 unspecified atom stereocenters. The minimum atomic E-state index is -3.03. The summed E-state index contributed by atoms with van der Waals surface area (Å²) in [6.45, 7) is 0. The zero-order valence-electron chi connectivity index (χ0n) is 9.51. The third-order valence-corrected chi connectivity index (χ3v) is 2.49. The van der Waals surface area contributed by atoms with Crippen LogP contribution < -0.4 is 0 Å². The first-order valence-electron chi connectivity index (χ1n) is 4.86. The molecule has 20 heavy (non-hydrogen) atoms. The van der Waals surface area contributed by atoms with Crippen LogP contribution >= 0.6 is 0 Å². The van der Waals surface area contributed by atoms with Crippen molar-refractivity contribution < 1.29 is 17.6 Å². The number of nitriles is 4. The maximum atomic E-state index is 13.7. The molecule has 1 rings (SSSR count). The van der Waals surface area contributed by atoms with E-state index >= 15 is 0 Å². The molecule has 0 aromatic heterocycles. The van der Waals surface area contributed by atoms with Gasteiger partial charge >= 0.3 is 0 Å². The molecule has 0 fully saturated rings. The summed E-state index contributed by atoms with van der Waals surface area (Å²) in [5.41, 5.74) is -5.82. The van der Waals surface area contributed by atoms with Crippen molar-refractivity contribution >= 4 is 0 Å². The number of hydrogen-bond acceptors (Lipinski definition) is 4. The van der Waals surface area contributed by atoms with E-state index < -0.39 is 46.2 Å². The molecule has 0 atom stereocenters. The van der Waals surface area contributed by atoms with E-state index in [0.717, 1.165) is 18.2 Å². The SMILES string of the molecule is N#CCc1c(F)c(F)c(C(C#N)(C#N)C#N)c(F)c1F. The molecular weight excluding hydrogens is 276 g/mol. The first-order valence-corrected chi connectivity index (χ1v) is 4.86. The Morgan fingerprint density at radius 2 is 1.15 bits per heavy atom. The fraction of sp³-hybridized carbons (Fsp3) is 0.167. The lowest BCUT2D eigenvalue weighted by molar-refractivity contribution is 0.423. The highest BCUT2D eigenvalue weighted by atomic mass is 19.2. The molecule has 1 aromatic carbocycles. The molecule has 0 amide bonds. The van der Waals surface area contributed by atoms with Gasteiger partial charge in [-0.2, -0.15) is 21.0 Å². The minimum Gasteiger partial charge on any atom is -0.203 e. The maximum absolute atomic E-state index is 13.7. The van der Waals surface area contributed by atoms with E-state index in [1.807, 2.05) is 0 Å². The van der Waals surface area contributed by atoms with Gasteiger partial charge in [-0.05, 0) is 0 Å². The predicted molar refractivity (Wildman–Crippen MR) is 54.1 cm³/mol. The first-order chi connectivity index (χ1) is 9.40. The van der Waals surface area contributed by atoms with Crippen molar-refractivity contribution in [3.05, 3.63) is 34.4 Å². The Bertz CT molecular complexity index is 678. The van der Waals surface area contributed by atoms with Crippen LogP contribution in [-0.4, -0.2) is 0 Å². The fourth-order valence-corrected chi connectivity index (χ4v) is 1.48. The summed E-state index contributed by atoms with van der Waals surface area (Å²) < 4.78 is 54.6. The number of hydrogen-bond donors (Lipinski definition) is 0. The van der Waals surface area contributed by atoms with Gasteiger partial charge < -0.3 is 0 Å². The standard InChI is InChI=1S/C12H2F4N4/c13-8-6(1-2-17)9(14)11(16)7(10(8)15)12(3-18,4-19)5-20/h1H2. The Labute approximate surface area is 110 Å². The van der Waals surface area contributed by atoms with Gasteiger partial charge in [0.2, 0.25) is 0 Å². The Kier molecular flexibility index (Phi) is 3.94. The number of nitrogens with zero attached hydrogens (tertiary/aromatic N) is 4. The Balaban J connectivity index is 3.89. The van der Waals surface area contributed by atoms with Crippen LogP contribution in [0.1, 0.15) is 11.1 Å². The maximum Gasteiger partial charge on any atom is 0.259 e. The van der Waals surface area contributed by atoms with E-state index in [9.17, 15) is 17.6 Å². The number of halogens is 4. The lowest BCUT2D eigenvalue weighted by atomic mass is 9.83. The van der Waals surface area contributed by atoms with E-state index in [4.69, 9.17) is 21.0 Å². The highest BCUT2D eigenvalue weighted by molar-refractivity contribution is 5.50. The van der Waals surface area contributed by atoms with Crippen LogP contribution in [-0.2, 0) is 11.8 Å². The van der Waals surface area contributed by atoms with Gasteiger partial charge in [-0.15, -0.1) is 0 Å². The van der Waals surface area contributed by atoms with Gasteiger partial charge in [-0.1, -0.05) is 0 Å². The summed E-state index contributed by atoms with van der Waals surface area (Å²) in [6, 6.07) is 4.37. The van der Waals surface area contributed by atoms with Gasteiger partial charge in [0.1, 0.15) is 18.2 Å². The van der Waals surface area contributed by atoms with Gasteiger partial charge in [0.25, 0.3) is 5.41 Å². The van der Waals surface area contributed by atoms with Crippen molar-refractivity contribution in [3.63, 3.8) is 0 Å². The Morgan fingerprint density at radius 1 is 0.750 bits per heavy atom. The first kappa shape index (κ1) is 15.0. The second-order valence-electron chi connectivity index (χ2n) is 3.53. The number of rotatable bonds is 2. The van der Waals surface area contributed by atoms with Gasteiger partial charge in [0, 0.05) is 5.56 Å². The van der Waals surface area contributed by atoms with Crippen LogP contribution in [0.5, 0.6) is 0 Å². The molecule has 0 heterocycles. The quantitative estimate of drug-likeness (QED) is 0.611. The van der Waals surface area contributed by atoms with E-state index in [1.165, 1.54) is 6.07 Å². The second-order valence-corrected chi connectivity index (χ2v) is 3.53. The molecular formula is C12H2F4N4. The highest BCUT2D eigenvalue weighted by Gasteiger charge is 2.42. The summed E-state index contributed by atoms with van der Waals surface area (Å²) in [4.78, 5) is 0. The third-order valence-electron chi connectivity index (χ3n) is 2.49. The topological polar surface area (TPSA) is 95.2 Å². The minimum absolute atomic E-state index is 0.954. The van der Waals surface area contributed by atoms with Gasteiger partial charge in [0.05, 0.1) is 18.1 Å². The third kappa shape index (κ3) is 1.90. The monoisotopic (exact) mass is 278 g/mol. The molecule has 0 aliphatic carbocycles. The molecule has 0 saturated carbocycles. The Morgan fingerprint density at radius 3 is 1.45 bits per heavy atom. The van der Waals surface area contributed by atoms with E-state index in [1.54, 1.807) is 0 Å². The van der Waals surface area contributed by atoms with E-state index in [-0.39, 0.29) is 0 Å². The molecule has 4 nitrogen and oxygen atoms in total. The lowest BCUT2D eigenvalue weighted by Gasteiger charge is -2.15. The van der Waals surface area contributed by atoms with Crippen molar-refractivity contribution in [1.82, 2.24) is 0 Å². The zero-order valence-corrected chi connectivity index (χ0v) is 9.51. The van der Waals surface area contributed by atoms with Crippen LogP contribution in [0, 0.1) is 68.6 Å². The molecule has 8 heteroatoms. The Hall–Kier alpha value is -3.10. The number of benzene rings is 1. The van der Waals surface area contributed by atoms with Gasteiger partial charge in [0.15, 0.2) is 23.3 Å². The molecule has 0 aliphatic rings. The van der Waals surface area contributed by atoms with Crippen LogP contribution in [0.3, 0.4) is 0 Å². The average molecular weight is 278 g/mol. The molecule has 0 N–H and O–H groups in total. The molecule has 0 aliphatic heterocycles. The summed E-state index contributed by atoms with van der Waals surface area (Å²) in [5, 5.41) is 34.5. The molecule has 0 radical (unpaired) electrons. The van der Waals surface area contributed by atoms with Crippen LogP contribution in [0.15, 0.2) is 0 Å². The predicted octanol–water partition coefficient (Wildman–Crippen LogP) is 2.12. The van der Waals surface area contributed by atoms with Crippen molar-refractivity contribution in [3.8, 4) is 24.3 Å². The summed E-state index contributed by atoms with van der Waals surface area (Å²) >= 11 is 0. The normalized spacial score (nSPS) is 10.0. The molecule has 98 valence electrons. The van der Waals surface area contributed by atoms with Crippen molar-refractivity contribution in [2.45, 2.75) is 11.8 Å². The van der Waals surface area contributed by atoms with Gasteiger partial charge in [-0.3, -0.25) is 0 Å².